The predicted octanol–water partition coefficient (Wildman–Crippen LogP) is 1.17. The number of primary amides is 1. The van der Waals surface area contributed by atoms with Crippen LogP contribution in [0.15, 0.2) is 54.9 Å². The maximum atomic E-state index is 12.6. The van der Waals surface area contributed by atoms with Gasteiger partial charge in [-0.3, -0.25) is 9.59 Å². The molecule has 7 heteroatoms. The number of amides is 2. The Morgan fingerprint density at radius 2 is 2.04 bits per heavy atom. The summed E-state index contributed by atoms with van der Waals surface area (Å²) in [6, 6.07) is 12.0. The van der Waals surface area contributed by atoms with Crippen LogP contribution in [0.5, 0.6) is 5.75 Å². The van der Waals surface area contributed by atoms with Crippen molar-refractivity contribution in [3.63, 3.8) is 0 Å². The summed E-state index contributed by atoms with van der Waals surface area (Å²) < 4.78 is 6.74. The summed E-state index contributed by atoms with van der Waals surface area (Å²) in [6.07, 6.45) is 3.47. The SMILES string of the molecule is COc1ccn2ncc(C(=O)NC(Cc3ccccc3)C(N)=O)c2c1. The Balaban J connectivity index is 1.83. The Morgan fingerprint density at radius 3 is 2.72 bits per heavy atom. The maximum Gasteiger partial charge on any atom is 0.255 e. The van der Waals surface area contributed by atoms with Gasteiger partial charge in [0.2, 0.25) is 5.91 Å². The second kappa shape index (κ2) is 7.04. The highest BCUT2D eigenvalue weighted by Crippen LogP contribution is 2.17. The third-order valence-corrected chi connectivity index (χ3v) is 3.90. The molecule has 0 fully saturated rings. The van der Waals surface area contributed by atoms with Crippen molar-refractivity contribution in [1.82, 2.24) is 14.9 Å². The average Bonchev–Trinajstić information content (AvgIpc) is 3.05. The fourth-order valence-electron chi connectivity index (χ4n) is 2.57. The summed E-state index contributed by atoms with van der Waals surface area (Å²) in [5.74, 6) is -0.396. The fourth-order valence-corrected chi connectivity index (χ4v) is 2.57. The molecule has 0 aliphatic heterocycles. The first-order chi connectivity index (χ1) is 12.1. The molecule has 2 heterocycles. The lowest BCUT2D eigenvalue weighted by atomic mass is 10.1. The number of methoxy groups -OCH3 is 1. The molecule has 0 aliphatic carbocycles. The molecule has 0 spiro atoms. The van der Waals surface area contributed by atoms with E-state index in [0.717, 1.165) is 5.56 Å². The smallest absolute Gasteiger partial charge is 0.255 e. The third kappa shape index (κ3) is 3.60. The molecule has 2 aromatic heterocycles. The Kier molecular flexibility index (Phi) is 4.65. The molecule has 3 rings (SSSR count). The van der Waals surface area contributed by atoms with Gasteiger partial charge in [0.15, 0.2) is 0 Å². The van der Waals surface area contributed by atoms with Crippen LogP contribution < -0.4 is 15.8 Å². The van der Waals surface area contributed by atoms with Crippen LogP contribution in [-0.4, -0.2) is 34.6 Å². The van der Waals surface area contributed by atoms with Crippen molar-refractivity contribution in [2.75, 3.05) is 7.11 Å². The van der Waals surface area contributed by atoms with E-state index in [0.29, 0.717) is 23.3 Å². The van der Waals surface area contributed by atoms with E-state index in [9.17, 15) is 9.59 Å². The van der Waals surface area contributed by atoms with Gasteiger partial charge in [0.1, 0.15) is 11.8 Å². The van der Waals surface area contributed by atoms with Crippen LogP contribution in [0.1, 0.15) is 15.9 Å². The number of nitrogens with two attached hydrogens (primary N) is 1. The summed E-state index contributed by atoms with van der Waals surface area (Å²) in [5.41, 5.74) is 7.29. The molecule has 7 nitrogen and oxygen atoms in total. The van der Waals surface area contributed by atoms with E-state index in [1.165, 1.54) is 6.20 Å². The van der Waals surface area contributed by atoms with Gasteiger partial charge in [-0.1, -0.05) is 30.3 Å². The number of nitrogens with zero attached hydrogens (tertiary/aromatic N) is 2. The number of carbonyl (C=O) groups excluding carboxylic acids is 2. The number of hydrogen-bond donors (Lipinski definition) is 2. The number of benzene rings is 1. The molecule has 0 saturated carbocycles. The minimum Gasteiger partial charge on any atom is -0.497 e. The van der Waals surface area contributed by atoms with Crippen molar-refractivity contribution >= 4 is 17.3 Å². The Morgan fingerprint density at radius 1 is 1.28 bits per heavy atom. The quantitative estimate of drug-likeness (QED) is 0.705. The van der Waals surface area contributed by atoms with E-state index in [1.54, 1.807) is 30.0 Å². The zero-order valence-corrected chi connectivity index (χ0v) is 13.7. The Bertz CT molecular complexity index is 905. The van der Waals surface area contributed by atoms with E-state index in [1.807, 2.05) is 30.3 Å². The van der Waals surface area contributed by atoms with E-state index in [2.05, 4.69) is 10.4 Å². The van der Waals surface area contributed by atoms with Crippen molar-refractivity contribution in [3.8, 4) is 5.75 Å². The lowest BCUT2D eigenvalue weighted by molar-refractivity contribution is -0.119. The van der Waals surface area contributed by atoms with Crippen molar-refractivity contribution in [2.45, 2.75) is 12.5 Å². The molecule has 0 aliphatic rings. The molecule has 3 aromatic rings. The van der Waals surface area contributed by atoms with Crippen molar-refractivity contribution in [2.24, 2.45) is 5.73 Å². The Labute approximate surface area is 144 Å². The normalized spacial score (nSPS) is 11.9. The maximum absolute atomic E-state index is 12.6. The second-order valence-electron chi connectivity index (χ2n) is 5.57. The highest BCUT2D eigenvalue weighted by atomic mass is 16.5. The molecular formula is C18H18N4O3. The van der Waals surface area contributed by atoms with Gasteiger partial charge >= 0.3 is 0 Å². The lowest BCUT2D eigenvalue weighted by Crippen LogP contribution is -2.45. The molecule has 1 atom stereocenters. The lowest BCUT2D eigenvalue weighted by Gasteiger charge is -2.15. The number of nitrogens with one attached hydrogen (secondary N) is 1. The number of pyridine rings is 1. The standard InChI is InChI=1S/C18H18N4O3/c1-25-13-7-8-22-16(10-13)14(11-20-22)18(24)21-15(17(19)23)9-12-5-3-2-4-6-12/h2-8,10-11,15H,9H2,1H3,(H2,19,23)(H,21,24). The van der Waals surface area contributed by atoms with Gasteiger partial charge in [-0.15, -0.1) is 0 Å². The van der Waals surface area contributed by atoms with Crippen LogP contribution >= 0.6 is 0 Å². The van der Waals surface area contributed by atoms with Gasteiger partial charge < -0.3 is 15.8 Å². The molecule has 0 radical (unpaired) electrons. The highest BCUT2D eigenvalue weighted by Gasteiger charge is 2.21. The van der Waals surface area contributed by atoms with Gasteiger partial charge in [-0.05, 0) is 11.6 Å². The fraction of sp³-hybridized carbons (Fsp3) is 0.167. The van der Waals surface area contributed by atoms with Crippen LogP contribution in [-0.2, 0) is 11.2 Å². The summed E-state index contributed by atoms with van der Waals surface area (Å²) in [6.45, 7) is 0. The molecule has 128 valence electrons. The molecular weight excluding hydrogens is 320 g/mol. The molecule has 25 heavy (non-hydrogen) atoms. The summed E-state index contributed by atoms with van der Waals surface area (Å²) in [4.78, 5) is 24.4. The van der Waals surface area contributed by atoms with Crippen molar-refractivity contribution < 1.29 is 14.3 Å². The van der Waals surface area contributed by atoms with Gasteiger partial charge in [0.05, 0.1) is 24.4 Å². The minimum atomic E-state index is -0.810. The summed E-state index contributed by atoms with van der Waals surface area (Å²) in [7, 11) is 1.55. The monoisotopic (exact) mass is 338 g/mol. The van der Waals surface area contributed by atoms with Gasteiger partial charge in [0, 0.05) is 18.7 Å². The molecule has 1 aromatic carbocycles. The average molecular weight is 338 g/mol. The third-order valence-electron chi connectivity index (χ3n) is 3.90. The topological polar surface area (TPSA) is 98.7 Å². The molecule has 2 amide bonds. The van der Waals surface area contributed by atoms with E-state index in [-0.39, 0.29) is 0 Å². The summed E-state index contributed by atoms with van der Waals surface area (Å²) >= 11 is 0. The minimum absolute atomic E-state index is 0.324. The number of rotatable bonds is 6. The molecule has 1 unspecified atom stereocenters. The Hall–Kier alpha value is -3.35. The molecule has 0 saturated heterocycles. The predicted molar refractivity (Wildman–Crippen MR) is 92.3 cm³/mol. The second-order valence-corrected chi connectivity index (χ2v) is 5.57. The van der Waals surface area contributed by atoms with Crippen molar-refractivity contribution in [3.05, 3.63) is 66.0 Å². The summed E-state index contributed by atoms with van der Waals surface area (Å²) in [5, 5.41) is 6.82. The molecule has 3 N–H and O–H groups in total. The van der Waals surface area contributed by atoms with Crippen LogP contribution in [0, 0.1) is 0 Å². The van der Waals surface area contributed by atoms with Crippen LogP contribution in [0.4, 0.5) is 0 Å². The zero-order valence-electron chi connectivity index (χ0n) is 13.7. The first kappa shape index (κ1) is 16.5. The largest absolute Gasteiger partial charge is 0.497 e. The number of fused-ring (bicyclic) bond motifs is 1. The van der Waals surface area contributed by atoms with Crippen LogP contribution in [0.25, 0.3) is 5.52 Å². The number of ether oxygens (including phenoxy) is 1. The first-order valence-corrected chi connectivity index (χ1v) is 7.74. The number of aromatic nitrogens is 2. The molecule has 0 bridgehead atoms. The van der Waals surface area contributed by atoms with Crippen LogP contribution in [0.3, 0.4) is 0 Å². The number of carbonyl (C=O) groups is 2. The van der Waals surface area contributed by atoms with Crippen molar-refractivity contribution in [1.29, 1.82) is 0 Å². The zero-order chi connectivity index (χ0) is 17.8. The first-order valence-electron chi connectivity index (χ1n) is 7.74. The number of hydrogen-bond acceptors (Lipinski definition) is 4. The van der Waals surface area contributed by atoms with Gasteiger partial charge in [-0.25, -0.2) is 4.52 Å². The van der Waals surface area contributed by atoms with E-state index >= 15 is 0 Å². The van der Waals surface area contributed by atoms with E-state index < -0.39 is 17.9 Å². The van der Waals surface area contributed by atoms with E-state index in [4.69, 9.17) is 10.5 Å². The highest BCUT2D eigenvalue weighted by molar-refractivity contribution is 6.02. The van der Waals surface area contributed by atoms with Gasteiger partial charge in [-0.2, -0.15) is 5.10 Å². The van der Waals surface area contributed by atoms with Crippen LogP contribution in [0.2, 0.25) is 0 Å². The van der Waals surface area contributed by atoms with Gasteiger partial charge in [0.25, 0.3) is 5.91 Å².